The van der Waals surface area contributed by atoms with Gasteiger partial charge in [0.1, 0.15) is 5.82 Å². The highest BCUT2D eigenvalue weighted by Gasteiger charge is 2.17. The molecule has 0 aliphatic rings. The van der Waals surface area contributed by atoms with Crippen molar-refractivity contribution in [1.82, 2.24) is 5.32 Å². The Bertz CT molecular complexity index is 1100. The molecule has 0 saturated carbocycles. The first kappa shape index (κ1) is 20.5. The van der Waals surface area contributed by atoms with Crippen LogP contribution in [0.5, 0.6) is 0 Å². The number of carbonyl (C=O) groups excluding carboxylic acids is 1. The molecule has 29 heavy (non-hydrogen) atoms. The first-order valence-electron chi connectivity index (χ1n) is 9.07. The minimum Gasteiger partial charge on any atom is -0.352 e. The largest absolute Gasteiger partial charge is 0.352 e. The van der Waals surface area contributed by atoms with Crippen molar-refractivity contribution >= 4 is 21.6 Å². The second-order valence-electron chi connectivity index (χ2n) is 6.53. The Morgan fingerprint density at radius 3 is 2.31 bits per heavy atom. The zero-order chi connectivity index (χ0) is 20.9. The van der Waals surface area contributed by atoms with Gasteiger partial charge in [-0.05, 0) is 60.9 Å². The summed E-state index contributed by atoms with van der Waals surface area (Å²) in [4.78, 5) is 12.7. The third kappa shape index (κ3) is 5.20. The predicted octanol–water partition coefficient (Wildman–Crippen LogP) is 3.91. The molecule has 3 aromatic rings. The molecule has 0 aromatic heterocycles. The van der Waals surface area contributed by atoms with Gasteiger partial charge in [0.2, 0.25) is 0 Å². The Kier molecular flexibility index (Phi) is 6.29. The summed E-state index contributed by atoms with van der Waals surface area (Å²) in [6.45, 7) is 2.07. The molecule has 0 aliphatic carbocycles. The fourth-order valence-electron chi connectivity index (χ4n) is 2.86. The zero-order valence-electron chi connectivity index (χ0n) is 15.9. The van der Waals surface area contributed by atoms with Gasteiger partial charge in [0.05, 0.1) is 10.6 Å². The van der Waals surface area contributed by atoms with Crippen molar-refractivity contribution in [1.29, 1.82) is 0 Å². The number of sulfonamides is 1. The zero-order valence-corrected chi connectivity index (χ0v) is 16.7. The van der Waals surface area contributed by atoms with Gasteiger partial charge in [0.25, 0.3) is 15.9 Å². The van der Waals surface area contributed by atoms with Crippen LogP contribution >= 0.6 is 0 Å². The summed E-state index contributed by atoms with van der Waals surface area (Å²) in [5, 5.41) is 2.81. The monoisotopic (exact) mass is 412 g/mol. The number of nitrogens with one attached hydrogen (secondary N) is 2. The van der Waals surface area contributed by atoms with Crippen molar-refractivity contribution in [2.75, 3.05) is 11.3 Å². The lowest BCUT2D eigenvalue weighted by Crippen LogP contribution is -2.26. The van der Waals surface area contributed by atoms with Crippen LogP contribution in [0.25, 0.3) is 0 Å². The molecule has 0 aliphatic heterocycles. The Morgan fingerprint density at radius 1 is 0.931 bits per heavy atom. The minimum atomic E-state index is -3.75. The molecule has 5 nitrogen and oxygen atoms in total. The molecular weight excluding hydrogens is 391 g/mol. The van der Waals surface area contributed by atoms with Crippen LogP contribution in [0.2, 0.25) is 0 Å². The molecule has 3 aromatic carbocycles. The van der Waals surface area contributed by atoms with E-state index in [1.54, 1.807) is 55.5 Å². The van der Waals surface area contributed by atoms with Gasteiger partial charge in [0, 0.05) is 12.1 Å². The number of benzene rings is 3. The molecule has 1 amide bonds. The summed E-state index contributed by atoms with van der Waals surface area (Å²) in [7, 11) is -3.75. The van der Waals surface area contributed by atoms with Crippen LogP contribution in [0.3, 0.4) is 0 Å². The fraction of sp³-hybridized carbons (Fsp3) is 0.136. The average molecular weight is 412 g/mol. The lowest BCUT2D eigenvalue weighted by Gasteiger charge is -2.14. The van der Waals surface area contributed by atoms with Crippen molar-refractivity contribution in [3.05, 3.63) is 95.3 Å². The summed E-state index contributed by atoms with van der Waals surface area (Å²) < 4.78 is 40.6. The standard InChI is InChI=1S/C22H21FN2O3S/c1-16-20(22(26)24-15-14-17-10-12-18(23)13-11-17)8-5-9-21(16)25-29(27,28)19-6-3-2-4-7-19/h2-13,25H,14-15H2,1H3,(H,24,26). The average Bonchev–Trinajstić information content (AvgIpc) is 2.71. The summed E-state index contributed by atoms with van der Waals surface area (Å²) in [6, 6.07) is 19.0. The Balaban J connectivity index is 1.69. The number of rotatable bonds is 7. The maximum Gasteiger partial charge on any atom is 0.261 e. The highest BCUT2D eigenvalue weighted by Crippen LogP contribution is 2.22. The van der Waals surface area contributed by atoms with Crippen LogP contribution in [-0.4, -0.2) is 20.9 Å². The molecule has 3 rings (SSSR count). The molecule has 7 heteroatoms. The normalized spacial score (nSPS) is 11.1. The third-order valence-electron chi connectivity index (χ3n) is 4.49. The molecule has 0 heterocycles. The smallest absolute Gasteiger partial charge is 0.261 e. The summed E-state index contributed by atoms with van der Waals surface area (Å²) in [5.41, 5.74) is 2.18. The summed E-state index contributed by atoms with van der Waals surface area (Å²) >= 11 is 0. The number of hydrogen-bond donors (Lipinski definition) is 2. The van der Waals surface area contributed by atoms with Crippen molar-refractivity contribution in [2.24, 2.45) is 0 Å². The molecule has 2 N–H and O–H groups in total. The number of carbonyl (C=O) groups is 1. The lowest BCUT2D eigenvalue weighted by molar-refractivity contribution is 0.0953. The number of amides is 1. The number of hydrogen-bond acceptors (Lipinski definition) is 3. The van der Waals surface area contributed by atoms with Gasteiger partial charge in [-0.3, -0.25) is 9.52 Å². The van der Waals surface area contributed by atoms with Crippen LogP contribution in [-0.2, 0) is 16.4 Å². The van der Waals surface area contributed by atoms with Crippen LogP contribution in [0, 0.1) is 12.7 Å². The Labute approximate surface area is 169 Å². The maximum absolute atomic E-state index is 12.9. The van der Waals surface area contributed by atoms with Crippen molar-refractivity contribution in [3.63, 3.8) is 0 Å². The van der Waals surface area contributed by atoms with E-state index in [1.165, 1.54) is 24.3 Å². The van der Waals surface area contributed by atoms with Crippen LogP contribution < -0.4 is 10.0 Å². The molecule has 150 valence electrons. The topological polar surface area (TPSA) is 75.3 Å². The summed E-state index contributed by atoms with van der Waals surface area (Å²) in [6.07, 6.45) is 0.561. The molecule has 0 atom stereocenters. The fourth-order valence-corrected chi connectivity index (χ4v) is 4.01. The minimum absolute atomic E-state index is 0.147. The van der Waals surface area contributed by atoms with Gasteiger partial charge >= 0.3 is 0 Å². The number of halogens is 1. The van der Waals surface area contributed by atoms with E-state index in [0.29, 0.717) is 29.8 Å². The first-order valence-corrected chi connectivity index (χ1v) is 10.6. The van der Waals surface area contributed by atoms with Gasteiger partial charge in [-0.25, -0.2) is 12.8 Å². The van der Waals surface area contributed by atoms with Crippen LogP contribution in [0.15, 0.2) is 77.7 Å². The lowest BCUT2D eigenvalue weighted by atomic mass is 10.1. The Hall–Kier alpha value is -3.19. The quantitative estimate of drug-likeness (QED) is 0.618. The molecule has 0 unspecified atom stereocenters. The van der Waals surface area contributed by atoms with Crippen molar-refractivity contribution in [2.45, 2.75) is 18.2 Å². The van der Waals surface area contributed by atoms with Gasteiger partial charge in [-0.1, -0.05) is 36.4 Å². The van der Waals surface area contributed by atoms with Gasteiger partial charge < -0.3 is 5.32 Å². The van der Waals surface area contributed by atoms with Crippen LogP contribution in [0.1, 0.15) is 21.5 Å². The first-order chi connectivity index (χ1) is 13.9. The van der Waals surface area contributed by atoms with E-state index in [1.807, 2.05) is 0 Å². The molecule has 0 fully saturated rings. The van der Waals surface area contributed by atoms with Gasteiger partial charge in [-0.2, -0.15) is 0 Å². The van der Waals surface area contributed by atoms with Crippen molar-refractivity contribution < 1.29 is 17.6 Å². The SMILES string of the molecule is Cc1c(NS(=O)(=O)c2ccccc2)cccc1C(=O)NCCc1ccc(F)cc1. The van der Waals surface area contributed by atoms with E-state index in [-0.39, 0.29) is 16.6 Å². The third-order valence-corrected chi connectivity index (χ3v) is 5.87. The molecule has 0 radical (unpaired) electrons. The molecular formula is C22H21FN2O3S. The molecule has 0 bridgehead atoms. The highest BCUT2D eigenvalue weighted by molar-refractivity contribution is 7.92. The van der Waals surface area contributed by atoms with E-state index in [4.69, 9.17) is 0 Å². The van der Waals surface area contributed by atoms with Gasteiger partial charge in [-0.15, -0.1) is 0 Å². The van der Waals surface area contributed by atoms with E-state index in [2.05, 4.69) is 10.0 Å². The van der Waals surface area contributed by atoms with E-state index >= 15 is 0 Å². The molecule has 0 spiro atoms. The van der Waals surface area contributed by atoms with Gasteiger partial charge in [0.15, 0.2) is 0 Å². The second kappa shape index (κ2) is 8.87. The Morgan fingerprint density at radius 2 is 1.62 bits per heavy atom. The second-order valence-corrected chi connectivity index (χ2v) is 8.21. The number of anilines is 1. The highest BCUT2D eigenvalue weighted by atomic mass is 32.2. The predicted molar refractivity (Wildman–Crippen MR) is 111 cm³/mol. The molecule has 0 saturated heterocycles. The maximum atomic E-state index is 12.9. The van der Waals surface area contributed by atoms with E-state index in [0.717, 1.165) is 5.56 Å². The van der Waals surface area contributed by atoms with E-state index in [9.17, 15) is 17.6 Å². The van der Waals surface area contributed by atoms with Crippen molar-refractivity contribution in [3.8, 4) is 0 Å². The van der Waals surface area contributed by atoms with E-state index < -0.39 is 10.0 Å². The summed E-state index contributed by atoms with van der Waals surface area (Å²) in [5.74, 6) is -0.603. The van der Waals surface area contributed by atoms with Crippen LogP contribution in [0.4, 0.5) is 10.1 Å².